The topological polar surface area (TPSA) is 90.6 Å². The third-order valence-electron chi connectivity index (χ3n) is 4.58. The van der Waals surface area contributed by atoms with E-state index in [0.29, 0.717) is 23.7 Å². The SMILES string of the molecule is CCC[C@@H](C)Oc1nc(N)c2c(n1)N(CCC1CCCO1)C(=O)C2. The van der Waals surface area contributed by atoms with Crippen LogP contribution in [0, 0.1) is 0 Å². The largest absolute Gasteiger partial charge is 0.460 e. The molecule has 0 spiro atoms. The molecule has 2 atom stereocenters. The van der Waals surface area contributed by atoms with Gasteiger partial charge in [0, 0.05) is 18.7 Å². The van der Waals surface area contributed by atoms with Gasteiger partial charge in [0.05, 0.1) is 18.6 Å². The first-order valence-corrected chi connectivity index (χ1v) is 8.83. The number of aromatic nitrogens is 2. The number of nitrogens with zero attached hydrogens (tertiary/aromatic N) is 3. The van der Waals surface area contributed by atoms with E-state index in [0.717, 1.165) is 38.7 Å². The fourth-order valence-electron chi connectivity index (χ4n) is 3.30. The Hall–Kier alpha value is -1.89. The number of hydrogen-bond acceptors (Lipinski definition) is 6. The number of fused-ring (bicyclic) bond motifs is 1. The Labute approximate surface area is 142 Å². The molecule has 0 radical (unpaired) electrons. The number of carbonyl (C=O) groups is 1. The summed E-state index contributed by atoms with van der Waals surface area (Å²) in [6.07, 6.45) is 5.43. The highest BCUT2D eigenvalue weighted by Gasteiger charge is 2.33. The second-order valence-corrected chi connectivity index (χ2v) is 6.56. The van der Waals surface area contributed by atoms with Gasteiger partial charge >= 0.3 is 6.01 Å². The second-order valence-electron chi connectivity index (χ2n) is 6.56. The quantitative estimate of drug-likeness (QED) is 0.821. The molecule has 3 heterocycles. The summed E-state index contributed by atoms with van der Waals surface area (Å²) in [7, 11) is 0. The van der Waals surface area contributed by atoms with E-state index in [2.05, 4.69) is 16.9 Å². The Morgan fingerprint density at radius 1 is 1.46 bits per heavy atom. The fourth-order valence-corrected chi connectivity index (χ4v) is 3.30. The van der Waals surface area contributed by atoms with Gasteiger partial charge in [-0.15, -0.1) is 0 Å². The summed E-state index contributed by atoms with van der Waals surface area (Å²) < 4.78 is 11.4. The molecule has 1 amide bonds. The first-order valence-electron chi connectivity index (χ1n) is 8.83. The maximum absolute atomic E-state index is 12.3. The Morgan fingerprint density at radius 2 is 2.29 bits per heavy atom. The molecule has 2 N–H and O–H groups in total. The fraction of sp³-hybridized carbons (Fsp3) is 0.706. The molecule has 2 aliphatic rings. The molecule has 7 heteroatoms. The van der Waals surface area contributed by atoms with Crippen LogP contribution in [0.3, 0.4) is 0 Å². The summed E-state index contributed by atoms with van der Waals surface area (Å²) in [5.41, 5.74) is 6.74. The lowest BCUT2D eigenvalue weighted by Crippen LogP contribution is -2.30. The Bertz CT molecular complexity index is 602. The zero-order valence-corrected chi connectivity index (χ0v) is 14.5. The number of anilines is 2. The van der Waals surface area contributed by atoms with Gasteiger partial charge in [-0.3, -0.25) is 9.69 Å². The minimum atomic E-state index is 0.0164. The van der Waals surface area contributed by atoms with Gasteiger partial charge < -0.3 is 15.2 Å². The van der Waals surface area contributed by atoms with Crippen LogP contribution in [0.2, 0.25) is 0 Å². The number of nitrogen functional groups attached to an aromatic ring is 1. The molecule has 2 aliphatic heterocycles. The zero-order valence-electron chi connectivity index (χ0n) is 14.5. The van der Waals surface area contributed by atoms with Crippen LogP contribution in [0.5, 0.6) is 6.01 Å². The molecule has 1 saturated heterocycles. The van der Waals surface area contributed by atoms with Crippen LogP contribution in [0.4, 0.5) is 11.6 Å². The van der Waals surface area contributed by atoms with Gasteiger partial charge in [-0.1, -0.05) is 13.3 Å². The van der Waals surface area contributed by atoms with Crippen molar-refractivity contribution in [1.29, 1.82) is 0 Å². The van der Waals surface area contributed by atoms with Crippen molar-refractivity contribution in [3.63, 3.8) is 0 Å². The van der Waals surface area contributed by atoms with Crippen LogP contribution in [-0.4, -0.2) is 41.2 Å². The van der Waals surface area contributed by atoms with Gasteiger partial charge in [-0.25, -0.2) is 0 Å². The number of rotatable bonds is 7. The van der Waals surface area contributed by atoms with Gasteiger partial charge in [-0.2, -0.15) is 9.97 Å². The highest BCUT2D eigenvalue weighted by molar-refractivity contribution is 6.01. The molecule has 0 saturated carbocycles. The highest BCUT2D eigenvalue weighted by atomic mass is 16.5. The van der Waals surface area contributed by atoms with Crippen LogP contribution in [0.15, 0.2) is 0 Å². The molecular weight excluding hydrogens is 308 g/mol. The summed E-state index contributed by atoms with van der Waals surface area (Å²) in [5, 5.41) is 0. The van der Waals surface area contributed by atoms with E-state index in [-0.39, 0.29) is 30.5 Å². The smallest absolute Gasteiger partial charge is 0.320 e. The Kier molecular flexibility index (Phi) is 5.18. The van der Waals surface area contributed by atoms with Gasteiger partial charge in [0.2, 0.25) is 5.91 Å². The van der Waals surface area contributed by atoms with Gasteiger partial charge in [0.25, 0.3) is 0 Å². The molecule has 1 aromatic heterocycles. The third-order valence-corrected chi connectivity index (χ3v) is 4.58. The summed E-state index contributed by atoms with van der Waals surface area (Å²) in [6.45, 7) is 5.49. The molecule has 0 bridgehead atoms. The lowest BCUT2D eigenvalue weighted by molar-refractivity contribution is -0.117. The average Bonchev–Trinajstić information content (AvgIpc) is 3.14. The van der Waals surface area contributed by atoms with Crippen LogP contribution < -0.4 is 15.4 Å². The first kappa shape index (κ1) is 17.0. The summed E-state index contributed by atoms with van der Waals surface area (Å²) in [6, 6.07) is 0.254. The normalized spacial score (nSPS) is 21.2. The molecule has 1 fully saturated rings. The zero-order chi connectivity index (χ0) is 17.1. The second kappa shape index (κ2) is 7.34. The maximum atomic E-state index is 12.3. The minimum Gasteiger partial charge on any atom is -0.460 e. The standard InChI is InChI=1S/C17H26N4O3/c1-3-5-11(2)24-17-19-15(18)13-10-14(22)21(16(13)20-17)8-7-12-6-4-9-23-12/h11-12H,3-10H2,1-2H3,(H2,18,19,20)/t11-,12?/m1/s1. The van der Waals surface area contributed by atoms with E-state index in [4.69, 9.17) is 15.2 Å². The summed E-state index contributed by atoms with van der Waals surface area (Å²) in [5.74, 6) is 0.957. The minimum absolute atomic E-state index is 0.0164. The lowest BCUT2D eigenvalue weighted by Gasteiger charge is -2.19. The Balaban J connectivity index is 1.74. The van der Waals surface area contributed by atoms with Gasteiger partial charge in [-0.05, 0) is 32.6 Å². The van der Waals surface area contributed by atoms with E-state index in [1.54, 1.807) is 4.90 Å². The number of carbonyl (C=O) groups excluding carboxylic acids is 1. The molecule has 3 rings (SSSR count). The number of ether oxygens (including phenoxy) is 2. The van der Waals surface area contributed by atoms with Crippen molar-refractivity contribution in [2.24, 2.45) is 0 Å². The molecule has 7 nitrogen and oxygen atoms in total. The third kappa shape index (κ3) is 3.61. The van der Waals surface area contributed by atoms with E-state index >= 15 is 0 Å². The van der Waals surface area contributed by atoms with Gasteiger partial charge in [0.1, 0.15) is 11.6 Å². The van der Waals surface area contributed by atoms with Crippen molar-refractivity contribution >= 4 is 17.5 Å². The van der Waals surface area contributed by atoms with Crippen molar-refractivity contribution in [1.82, 2.24) is 9.97 Å². The average molecular weight is 334 g/mol. The molecule has 0 aliphatic carbocycles. The van der Waals surface area contributed by atoms with Crippen LogP contribution >= 0.6 is 0 Å². The van der Waals surface area contributed by atoms with Crippen molar-refractivity contribution < 1.29 is 14.3 Å². The van der Waals surface area contributed by atoms with E-state index in [1.165, 1.54) is 0 Å². The van der Waals surface area contributed by atoms with Crippen molar-refractivity contribution in [2.75, 3.05) is 23.8 Å². The van der Waals surface area contributed by atoms with Crippen LogP contribution in [0.25, 0.3) is 0 Å². The molecular formula is C17H26N4O3. The Morgan fingerprint density at radius 3 is 3.00 bits per heavy atom. The van der Waals surface area contributed by atoms with Crippen LogP contribution in [-0.2, 0) is 16.0 Å². The number of amides is 1. The predicted octanol–water partition coefficient (Wildman–Crippen LogP) is 2.08. The van der Waals surface area contributed by atoms with Gasteiger partial charge in [0.15, 0.2) is 0 Å². The molecule has 1 aromatic rings. The summed E-state index contributed by atoms with van der Waals surface area (Å²) >= 11 is 0. The summed E-state index contributed by atoms with van der Waals surface area (Å²) in [4.78, 5) is 22.7. The van der Waals surface area contributed by atoms with Crippen molar-refractivity contribution in [3.8, 4) is 6.01 Å². The number of nitrogens with two attached hydrogens (primary N) is 1. The molecule has 132 valence electrons. The first-order chi connectivity index (χ1) is 11.6. The molecule has 1 unspecified atom stereocenters. The lowest BCUT2D eigenvalue weighted by atomic mass is 10.2. The highest BCUT2D eigenvalue weighted by Crippen LogP contribution is 2.33. The van der Waals surface area contributed by atoms with E-state index in [1.807, 2.05) is 6.92 Å². The predicted molar refractivity (Wildman–Crippen MR) is 91.1 cm³/mol. The maximum Gasteiger partial charge on any atom is 0.320 e. The number of hydrogen-bond donors (Lipinski definition) is 1. The molecule has 0 aromatic carbocycles. The van der Waals surface area contributed by atoms with E-state index < -0.39 is 0 Å². The van der Waals surface area contributed by atoms with Crippen molar-refractivity contribution in [2.45, 2.75) is 64.6 Å². The monoisotopic (exact) mass is 334 g/mol. The van der Waals surface area contributed by atoms with Crippen molar-refractivity contribution in [3.05, 3.63) is 5.56 Å². The van der Waals surface area contributed by atoms with E-state index in [9.17, 15) is 4.79 Å². The molecule has 24 heavy (non-hydrogen) atoms. The van der Waals surface area contributed by atoms with Crippen LogP contribution in [0.1, 0.15) is 51.5 Å².